The van der Waals surface area contributed by atoms with Crippen LogP contribution in [0.3, 0.4) is 0 Å². The van der Waals surface area contributed by atoms with Crippen molar-refractivity contribution >= 4 is 38.9 Å². The van der Waals surface area contributed by atoms with Crippen LogP contribution in [-0.2, 0) is 13.0 Å². The van der Waals surface area contributed by atoms with E-state index in [9.17, 15) is 0 Å². The molecule has 22 heavy (non-hydrogen) atoms. The molecule has 0 fully saturated rings. The maximum atomic E-state index is 5.98. The lowest BCUT2D eigenvalue weighted by Crippen LogP contribution is -2.16. The Bertz CT molecular complexity index is 756. The van der Waals surface area contributed by atoms with Gasteiger partial charge in [-0.2, -0.15) is 0 Å². The van der Waals surface area contributed by atoms with Gasteiger partial charge >= 0.3 is 0 Å². The summed E-state index contributed by atoms with van der Waals surface area (Å²) in [7, 11) is 0. The van der Waals surface area contributed by atoms with Crippen LogP contribution >= 0.6 is 38.9 Å². The zero-order valence-electron chi connectivity index (χ0n) is 11.7. The van der Waals surface area contributed by atoms with Gasteiger partial charge in [-0.25, -0.2) is 4.98 Å². The lowest BCUT2D eigenvalue weighted by molar-refractivity contribution is 0.557. The van der Waals surface area contributed by atoms with E-state index in [0.29, 0.717) is 0 Å². The highest BCUT2D eigenvalue weighted by molar-refractivity contribution is 9.10. The van der Waals surface area contributed by atoms with Crippen molar-refractivity contribution in [3.8, 4) is 10.6 Å². The summed E-state index contributed by atoms with van der Waals surface area (Å²) in [5, 5.41) is 5.24. The molecule has 0 amide bonds. The van der Waals surface area contributed by atoms with Crippen molar-refractivity contribution < 1.29 is 4.42 Å². The molecule has 0 bridgehead atoms. The zero-order valence-corrected chi connectivity index (χ0v) is 14.8. The number of hydrogen-bond donors (Lipinski definition) is 1. The topological polar surface area (TPSA) is 38.1 Å². The fourth-order valence-corrected chi connectivity index (χ4v) is 3.44. The third kappa shape index (κ3) is 4.20. The predicted octanol–water partition coefficient (Wildman–Crippen LogP) is 5.15. The Morgan fingerprint density at radius 2 is 2.18 bits per heavy atom. The van der Waals surface area contributed by atoms with Gasteiger partial charge in [0.1, 0.15) is 10.8 Å². The highest BCUT2D eigenvalue weighted by Crippen LogP contribution is 2.29. The number of nitrogens with one attached hydrogen (secondary N) is 1. The molecule has 0 spiro atoms. The van der Waals surface area contributed by atoms with Crippen molar-refractivity contribution in [3.05, 3.63) is 62.9 Å². The minimum absolute atomic E-state index is 0.733. The molecule has 2 aromatic heterocycles. The van der Waals surface area contributed by atoms with Gasteiger partial charge in [0.2, 0.25) is 0 Å². The van der Waals surface area contributed by atoms with Gasteiger partial charge in [-0.3, -0.25) is 0 Å². The van der Waals surface area contributed by atoms with Gasteiger partial charge in [0.25, 0.3) is 0 Å². The molecule has 3 nitrogen and oxygen atoms in total. The average Bonchev–Trinajstić information content (AvgIpc) is 3.12. The second kappa shape index (κ2) is 7.42. The Balaban J connectivity index is 1.49. The number of furan rings is 1. The van der Waals surface area contributed by atoms with Gasteiger partial charge < -0.3 is 9.73 Å². The molecule has 6 heteroatoms. The van der Waals surface area contributed by atoms with Gasteiger partial charge in [-0.1, -0.05) is 23.7 Å². The number of halogens is 2. The molecule has 0 aliphatic carbocycles. The van der Waals surface area contributed by atoms with Crippen molar-refractivity contribution in [3.63, 3.8) is 0 Å². The number of hydrogen-bond acceptors (Lipinski definition) is 4. The SMILES string of the molecule is Clc1cccc(CCNCc2ncc(-c3ccc(Br)o3)s2)c1. The van der Waals surface area contributed by atoms with E-state index in [0.717, 1.165) is 44.8 Å². The summed E-state index contributed by atoms with van der Waals surface area (Å²) in [5.74, 6) is 0.842. The van der Waals surface area contributed by atoms with Crippen LogP contribution < -0.4 is 5.32 Å². The standard InChI is InChI=1S/C16H14BrClN2OS/c17-15-5-4-13(21-15)14-9-20-16(22-14)10-19-7-6-11-2-1-3-12(18)8-11/h1-5,8-9,19H,6-7,10H2. The molecule has 0 radical (unpaired) electrons. The molecule has 2 heterocycles. The van der Waals surface area contributed by atoms with Crippen LogP contribution in [0.1, 0.15) is 10.6 Å². The molecule has 0 aliphatic heterocycles. The molecular weight excluding hydrogens is 384 g/mol. The van der Waals surface area contributed by atoms with Crippen molar-refractivity contribution in [1.29, 1.82) is 0 Å². The molecule has 1 aromatic carbocycles. The Morgan fingerprint density at radius 1 is 1.27 bits per heavy atom. The minimum atomic E-state index is 0.733. The quantitative estimate of drug-likeness (QED) is 0.584. The summed E-state index contributed by atoms with van der Waals surface area (Å²) in [5.41, 5.74) is 1.24. The summed E-state index contributed by atoms with van der Waals surface area (Å²) < 4.78 is 6.27. The van der Waals surface area contributed by atoms with Gasteiger partial charge in [0, 0.05) is 17.8 Å². The van der Waals surface area contributed by atoms with Gasteiger partial charge in [-0.05, 0) is 58.7 Å². The van der Waals surface area contributed by atoms with Gasteiger partial charge in [-0.15, -0.1) is 11.3 Å². The van der Waals surface area contributed by atoms with E-state index < -0.39 is 0 Å². The van der Waals surface area contributed by atoms with Crippen LogP contribution in [0.2, 0.25) is 5.02 Å². The second-order valence-electron chi connectivity index (χ2n) is 4.78. The van der Waals surface area contributed by atoms with Crippen molar-refractivity contribution in [2.45, 2.75) is 13.0 Å². The van der Waals surface area contributed by atoms with Gasteiger partial charge in [0.15, 0.2) is 4.67 Å². The van der Waals surface area contributed by atoms with Crippen molar-refractivity contribution in [2.24, 2.45) is 0 Å². The number of nitrogens with zero attached hydrogens (tertiary/aromatic N) is 1. The fraction of sp³-hybridized carbons (Fsp3) is 0.188. The summed E-state index contributed by atoms with van der Waals surface area (Å²) in [6.07, 6.45) is 2.80. The molecule has 3 rings (SSSR count). The zero-order chi connectivity index (χ0) is 15.4. The first kappa shape index (κ1) is 15.7. The fourth-order valence-electron chi connectivity index (χ4n) is 2.07. The molecule has 0 aliphatic rings. The minimum Gasteiger partial charge on any atom is -0.448 e. The van der Waals surface area contributed by atoms with Crippen LogP contribution in [0.25, 0.3) is 10.6 Å². The molecule has 0 unspecified atom stereocenters. The van der Waals surface area contributed by atoms with Gasteiger partial charge in [0.05, 0.1) is 4.88 Å². The summed E-state index contributed by atoms with van der Waals surface area (Å²) in [6.45, 7) is 1.65. The second-order valence-corrected chi connectivity index (χ2v) is 7.11. The lowest BCUT2D eigenvalue weighted by Gasteiger charge is -2.03. The van der Waals surface area contributed by atoms with E-state index in [1.807, 2.05) is 36.5 Å². The van der Waals surface area contributed by atoms with E-state index in [2.05, 4.69) is 32.3 Å². The Hall–Kier alpha value is -1.14. The molecule has 1 N–H and O–H groups in total. The van der Waals surface area contributed by atoms with E-state index in [1.54, 1.807) is 11.3 Å². The highest BCUT2D eigenvalue weighted by Gasteiger charge is 2.08. The largest absolute Gasteiger partial charge is 0.448 e. The normalized spacial score (nSPS) is 11.0. The maximum absolute atomic E-state index is 5.98. The Labute approximate surface area is 146 Å². The monoisotopic (exact) mass is 396 g/mol. The summed E-state index contributed by atoms with van der Waals surface area (Å²) in [4.78, 5) is 5.46. The maximum Gasteiger partial charge on any atom is 0.169 e. The van der Waals surface area contributed by atoms with Crippen LogP contribution in [0.4, 0.5) is 0 Å². The van der Waals surface area contributed by atoms with Crippen LogP contribution in [0, 0.1) is 0 Å². The van der Waals surface area contributed by atoms with Crippen LogP contribution in [0.15, 0.2) is 51.7 Å². The van der Waals surface area contributed by atoms with E-state index in [1.165, 1.54) is 5.56 Å². The van der Waals surface area contributed by atoms with Crippen LogP contribution in [-0.4, -0.2) is 11.5 Å². The first-order valence-electron chi connectivity index (χ1n) is 6.86. The third-order valence-electron chi connectivity index (χ3n) is 3.13. The third-order valence-corrected chi connectivity index (χ3v) is 4.80. The predicted molar refractivity (Wildman–Crippen MR) is 94.4 cm³/mol. The Kier molecular flexibility index (Phi) is 5.31. The molecule has 114 valence electrons. The lowest BCUT2D eigenvalue weighted by atomic mass is 10.1. The van der Waals surface area contributed by atoms with Crippen molar-refractivity contribution in [2.75, 3.05) is 6.54 Å². The number of thiazole rings is 1. The van der Waals surface area contributed by atoms with E-state index >= 15 is 0 Å². The Morgan fingerprint density at radius 3 is 2.95 bits per heavy atom. The number of aromatic nitrogens is 1. The molecule has 0 saturated carbocycles. The van der Waals surface area contributed by atoms with E-state index in [4.69, 9.17) is 16.0 Å². The van der Waals surface area contributed by atoms with Crippen LogP contribution in [0.5, 0.6) is 0 Å². The van der Waals surface area contributed by atoms with Crippen molar-refractivity contribution in [1.82, 2.24) is 10.3 Å². The first-order chi connectivity index (χ1) is 10.7. The molecular formula is C16H14BrClN2OS. The summed E-state index contributed by atoms with van der Waals surface area (Å²) >= 11 is 10.9. The number of rotatable bonds is 6. The molecule has 0 saturated heterocycles. The molecule has 0 atom stereocenters. The molecule has 3 aromatic rings. The first-order valence-corrected chi connectivity index (χ1v) is 8.85. The number of benzene rings is 1. The highest BCUT2D eigenvalue weighted by atomic mass is 79.9. The summed E-state index contributed by atoms with van der Waals surface area (Å²) in [6, 6.07) is 11.8. The van der Waals surface area contributed by atoms with E-state index in [-0.39, 0.29) is 0 Å². The average molecular weight is 398 g/mol. The smallest absolute Gasteiger partial charge is 0.169 e.